The molecule has 0 saturated heterocycles. The molecule has 20 heavy (non-hydrogen) atoms. The number of nitrogens with one attached hydrogen (secondary N) is 1. The van der Waals surface area contributed by atoms with Crippen molar-refractivity contribution in [1.82, 2.24) is 0 Å². The summed E-state index contributed by atoms with van der Waals surface area (Å²) < 4.78 is 0.492. The number of hydrogen-bond donors (Lipinski definition) is 1. The van der Waals surface area contributed by atoms with Crippen LogP contribution < -0.4 is 5.32 Å². The molecular weight excluding hydrogens is 340 g/mol. The lowest BCUT2D eigenvalue weighted by Crippen LogP contribution is -2.09. The molecule has 0 aliphatic carbocycles. The summed E-state index contributed by atoms with van der Waals surface area (Å²) in [6, 6.07) is 13.6. The topological polar surface area (TPSA) is 55.2 Å². The fraction of sp³-hybridized carbons (Fsp3) is 0.143. The van der Waals surface area contributed by atoms with Crippen LogP contribution in [0.25, 0.3) is 0 Å². The van der Waals surface area contributed by atoms with E-state index < -0.39 is 4.92 Å². The van der Waals surface area contributed by atoms with Gasteiger partial charge in [0.1, 0.15) is 0 Å². The Morgan fingerprint density at radius 2 is 2.10 bits per heavy atom. The molecule has 0 saturated carbocycles. The van der Waals surface area contributed by atoms with Crippen molar-refractivity contribution in [3.63, 3.8) is 0 Å². The first-order valence-corrected chi connectivity index (χ1v) is 7.85. The highest BCUT2D eigenvalue weighted by Crippen LogP contribution is 2.40. The van der Waals surface area contributed by atoms with Crippen LogP contribution in [0.2, 0.25) is 0 Å². The first kappa shape index (κ1) is 13.5. The Labute approximate surface area is 128 Å². The quantitative estimate of drug-likeness (QED) is 0.648. The van der Waals surface area contributed by atoms with E-state index in [1.807, 2.05) is 23.9 Å². The first-order chi connectivity index (χ1) is 9.65. The van der Waals surface area contributed by atoms with Crippen LogP contribution in [-0.2, 0) is 0 Å². The smallest absolute Gasteiger partial charge is 0.283 e. The molecule has 1 aliphatic rings. The summed E-state index contributed by atoms with van der Waals surface area (Å²) in [7, 11) is 0. The Morgan fingerprint density at radius 3 is 2.85 bits per heavy atom. The average Bonchev–Trinajstić information content (AvgIpc) is 2.82. The standard InChI is InChI=1S/C14H11BrN2O2S/c15-11-7-9(5-6-13(11)17(18)19)16-12-8-20-14-4-2-1-3-10(12)14/h1-7,12,16H,8H2. The SMILES string of the molecule is O=[N+]([O-])c1ccc(NC2CSc3ccccc32)cc1Br. The molecule has 0 fully saturated rings. The highest BCUT2D eigenvalue weighted by atomic mass is 79.9. The molecule has 0 amide bonds. The maximum Gasteiger partial charge on any atom is 0.283 e. The number of fused-ring (bicyclic) bond motifs is 1. The molecule has 0 aromatic heterocycles. The molecule has 102 valence electrons. The largest absolute Gasteiger partial charge is 0.377 e. The number of nitrogens with zero attached hydrogens (tertiary/aromatic N) is 1. The number of hydrogen-bond acceptors (Lipinski definition) is 4. The van der Waals surface area contributed by atoms with Gasteiger partial charge in [-0.05, 0) is 39.7 Å². The van der Waals surface area contributed by atoms with Crippen LogP contribution >= 0.6 is 27.7 Å². The molecule has 3 rings (SSSR count). The van der Waals surface area contributed by atoms with Crippen molar-refractivity contribution in [2.45, 2.75) is 10.9 Å². The van der Waals surface area contributed by atoms with Crippen LogP contribution in [-0.4, -0.2) is 10.7 Å². The van der Waals surface area contributed by atoms with Gasteiger partial charge in [-0.2, -0.15) is 0 Å². The predicted molar refractivity (Wildman–Crippen MR) is 84.3 cm³/mol. The molecule has 1 unspecified atom stereocenters. The van der Waals surface area contributed by atoms with E-state index in [0.717, 1.165) is 11.4 Å². The van der Waals surface area contributed by atoms with Crippen LogP contribution in [0.1, 0.15) is 11.6 Å². The Balaban J connectivity index is 1.83. The third-order valence-electron chi connectivity index (χ3n) is 3.19. The molecule has 1 heterocycles. The number of rotatable bonds is 3. The third kappa shape index (κ3) is 2.53. The average molecular weight is 351 g/mol. The van der Waals surface area contributed by atoms with Crippen LogP contribution in [0, 0.1) is 10.1 Å². The number of halogens is 1. The lowest BCUT2D eigenvalue weighted by molar-refractivity contribution is -0.385. The van der Waals surface area contributed by atoms with Gasteiger partial charge in [-0.15, -0.1) is 11.8 Å². The molecule has 4 nitrogen and oxygen atoms in total. The van der Waals surface area contributed by atoms with Gasteiger partial charge >= 0.3 is 0 Å². The first-order valence-electron chi connectivity index (χ1n) is 6.07. The summed E-state index contributed by atoms with van der Waals surface area (Å²) in [5.74, 6) is 0.966. The number of anilines is 1. The molecule has 0 radical (unpaired) electrons. The minimum atomic E-state index is -0.394. The van der Waals surface area contributed by atoms with Crippen molar-refractivity contribution in [2.75, 3.05) is 11.1 Å². The van der Waals surface area contributed by atoms with Crippen molar-refractivity contribution >= 4 is 39.1 Å². The second kappa shape index (κ2) is 5.46. The van der Waals surface area contributed by atoms with Crippen LogP contribution in [0.15, 0.2) is 51.8 Å². The molecule has 0 spiro atoms. The molecule has 1 aliphatic heterocycles. The van der Waals surface area contributed by atoms with Gasteiger partial charge < -0.3 is 5.32 Å². The summed E-state index contributed by atoms with van der Waals surface area (Å²) in [6.07, 6.45) is 0. The minimum absolute atomic E-state index is 0.0803. The second-order valence-electron chi connectivity index (χ2n) is 4.47. The van der Waals surface area contributed by atoms with Crippen molar-refractivity contribution < 1.29 is 4.92 Å². The van der Waals surface area contributed by atoms with Crippen molar-refractivity contribution in [1.29, 1.82) is 0 Å². The van der Waals surface area contributed by atoms with Crippen molar-refractivity contribution in [2.24, 2.45) is 0 Å². The maximum atomic E-state index is 10.8. The van der Waals surface area contributed by atoms with Gasteiger partial charge in [-0.3, -0.25) is 10.1 Å². The van der Waals surface area contributed by atoms with Gasteiger partial charge in [0.05, 0.1) is 15.4 Å². The molecule has 2 aromatic carbocycles. The lowest BCUT2D eigenvalue weighted by Gasteiger charge is -2.15. The molecule has 1 N–H and O–H groups in total. The van der Waals surface area contributed by atoms with E-state index in [-0.39, 0.29) is 11.7 Å². The Morgan fingerprint density at radius 1 is 1.30 bits per heavy atom. The van der Waals surface area contributed by atoms with E-state index >= 15 is 0 Å². The predicted octanol–water partition coefficient (Wildman–Crippen LogP) is 4.62. The van der Waals surface area contributed by atoms with E-state index in [2.05, 4.69) is 33.4 Å². The summed E-state index contributed by atoms with van der Waals surface area (Å²) in [5.41, 5.74) is 2.24. The molecule has 0 bridgehead atoms. The number of thioether (sulfide) groups is 1. The highest BCUT2D eigenvalue weighted by molar-refractivity contribution is 9.10. The van der Waals surface area contributed by atoms with Gasteiger partial charge in [0, 0.05) is 22.4 Å². The zero-order valence-corrected chi connectivity index (χ0v) is 12.8. The maximum absolute atomic E-state index is 10.8. The minimum Gasteiger partial charge on any atom is -0.377 e. The summed E-state index contributed by atoms with van der Waals surface area (Å²) >= 11 is 5.07. The zero-order chi connectivity index (χ0) is 14.1. The fourth-order valence-corrected chi connectivity index (χ4v) is 3.91. The summed E-state index contributed by atoms with van der Waals surface area (Å²) in [5, 5.41) is 14.2. The van der Waals surface area contributed by atoms with Gasteiger partial charge in [0.15, 0.2) is 0 Å². The lowest BCUT2D eigenvalue weighted by atomic mass is 10.1. The van der Waals surface area contributed by atoms with Crippen molar-refractivity contribution in [3.8, 4) is 0 Å². The molecular formula is C14H11BrN2O2S. The monoisotopic (exact) mass is 350 g/mol. The zero-order valence-electron chi connectivity index (χ0n) is 10.4. The van der Waals surface area contributed by atoms with Gasteiger partial charge in [-0.1, -0.05) is 18.2 Å². The fourth-order valence-electron chi connectivity index (χ4n) is 2.23. The molecule has 6 heteroatoms. The van der Waals surface area contributed by atoms with Gasteiger partial charge in [-0.25, -0.2) is 0 Å². The number of nitro benzene ring substituents is 1. The molecule has 1 atom stereocenters. The number of benzene rings is 2. The van der Waals surface area contributed by atoms with E-state index in [1.54, 1.807) is 12.1 Å². The normalized spacial score (nSPS) is 16.8. The summed E-state index contributed by atoms with van der Waals surface area (Å²) in [6.45, 7) is 0. The molecule has 2 aromatic rings. The third-order valence-corrected chi connectivity index (χ3v) is 5.00. The van der Waals surface area contributed by atoms with E-state index in [4.69, 9.17) is 0 Å². The van der Waals surface area contributed by atoms with Gasteiger partial charge in [0.25, 0.3) is 5.69 Å². The highest BCUT2D eigenvalue weighted by Gasteiger charge is 2.23. The van der Waals surface area contributed by atoms with Crippen molar-refractivity contribution in [3.05, 3.63) is 62.6 Å². The van der Waals surface area contributed by atoms with Crippen LogP contribution in [0.3, 0.4) is 0 Å². The number of nitro groups is 1. The van der Waals surface area contributed by atoms with Crippen LogP contribution in [0.4, 0.5) is 11.4 Å². The van der Waals surface area contributed by atoms with E-state index in [1.165, 1.54) is 16.5 Å². The second-order valence-corrected chi connectivity index (χ2v) is 6.39. The van der Waals surface area contributed by atoms with E-state index in [0.29, 0.717) is 4.47 Å². The van der Waals surface area contributed by atoms with Crippen LogP contribution in [0.5, 0.6) is 0 Å². The summed E-state index contributed by atoms with van der Waals surface area (Å²) in [4.78, 5) is 11.7. The Kier molecular flexibility index (Phi) is 3.67. The van der Waals surface area contributed by atoms with E-state index in [9.17, 15) is 10.1 Å². The Bertz CT molecular complexity index is 678. The Hall–Kier alpha value is -1.53. The van der Waals surface area contributed by atoms with Gasteiger partial charge in [0.2, 0.25) is 0 Å².